The molecule has 10 nitrogen and oxygen atoms in total. The molecule has 2 unspecified atom stereocenters. The molecule has 1 fully saturated rings. The average Bonchev–Trinajstić information content (AvgIpc) is 3.30. The Hall–Kier alpha value is -3.64. The lowest BCUT2D eigenvalue weighted by atomic mass is 9.73. The summed E-state index contributed by atoms with van der Waals surface area (Å²) in [6.45, 7) is 14.0. The minimum absolute atomic E-state index is 0.0840. The number of aliphatic imine (C=N–C) groups is 1. The average molecular weight is 913 g/mol. The number of thioether (sulfide) groups is 2. The molecule has 2 atom stereocenters. The summed E-state index contributed by atoms with van der Waals surface area (Å²) in [6.07, 6.45) is 21.0. The molecule has 0 radical (unpaired) electrons. The highest BCUT2D eigenvalue weighted by Gasteiger charge is 2.43. The van der Waals surface area contributed by atoms with Gasteiger partial charge in [0.05, 0.1) is 22.5 Å². The second kappa shape index (κ2) is 23.7. The number of hydrogen-bond acceptors (Lipinski definition) is 8. The predicted octanol–water partition coefficient (Wildman–Crippen LogP) is 11.6. The second-order valence-corrected chi connectivity index (χ2v) is 21.1. The smallest absolute Gasteiger partial charge is 0.341 e. The summed E-state index contributed by atoms with van der Waals surface area (Å²) in [6, 6.07) is 1.35. The first-order valence-electron chi connectivity index (χ1n) is 25.2. The number of nitrogens with zero attached hydrogens (tertiary/aromatic N) is 3. The number of aliphatic hydroxyl groups is 1. The summed E-state index contributed by atoms with van der Waals surface area (Å²) in [5.41, 5.74) is 9.40. The largest absolute Gasteiger partial charge is 0.506 e. The molecule has 4 aliphatic heterocycles. The molecule has 7 rings (SSSR count). The first-order chi connectivity index (χ1) is 31.3. The van der Waals surface area contributed by atoms with Gasteiger partial charge in [-0.15, -0.1) is 0 Å². The van der Waals surface area contributed by atoms with Gasteiger partial charge in [-0.1, -0.05) is 66.2 Å². The van der Waals surface area contributed by atoms with Crippen LogP contribution in [0.5, 0.6) is 0 Å². The summed E-state index contributed by atoms with van der Waals surface area (Å²) < 4.78 is 0. The van der Waals surface area contributed by atoms with Crippen molar-refractivity contribution in [2.75, 3.05) is 72.5 Å². The van der Waals surface area contributed by atoms with Crippen LogP contribution in [0.25, 0.3) is 5.57 Å². The summed E-state index contributed by atoms with van der Waals surface area (Å²) >= 11 is 3.95. The third-order valence-electron chi connectivity index (χ3n) is 14.2. The van der Waals surface area contributed by atoms with E-state index in [-0.39, 0.29) is 28.7 Å². The molecule has 4 N–H and O–H groups in total. The number of unbranched alkanes of at least 4 members (excludes halogenated alkanes) is 2. The monoisotopic (exact) mass is 913 g/mol. The standard InChI is InChI=1S/C52H76N6O4S2/c1-5-9-17-35(7-3)33-63-29-15-23-53-51(61)55-45-39-21-13-27-57-25-11-19-37(47(39)57)31-41(45)43-49(59)44(50(43)60)42-32-38-20-12-26-58-28-14-22-40(48(38)58)46(42)56-52(62)54-24-16-30-64-34-36(8-4)18-10-6-2/h31-32,35-36,59H,5-30,33-34H2,1-4H3,(H,53,61)(H2,54,56,62)/b43-41+,55-45+. The van der Waals surface area contributed by atoms with Crippen molar-refractivity contribution >= 4 is 64.0 Å². The van der Waals surface area contributed by atoms with Crippen LogP contribution in [-0.2, 0) is 17.6 Å². The van der Waals surface area contributed by atoms with Gasteiger partial charge in [-0.2, -0.15) is 28.5 Å². The van der Waals surface area contributed by atoms with Gasteiger partial charge in [0.1, 0.15) is 5.76 Å². The van der Waals surface area contributed by atoms with Gasteiger partial charge in [-0.25, -0.2) is 9.59 Å². The van der Waals surface area contributed by atoms with Gasteiger partial charge in [-0.3, -0.25) is 4.79 Å². The molecule has 6 aliphatic rings. The van der Waals surface area contributed by atoms with Gasteiger partial charge >= 0.3 is 12.1 Å². The van der Waals surface area contributed by atoms with E-state index in [0.717, 1.165) is 147 Å². The minimum atomic E-state index is -0.410. The number of rotatable bonds is 22. The van der Waals surface area contributed by atoms with E-state index in [1.54, 1.807) is 0 Å². The van der Waals surface area contributed by atoms with Gasteiger partial charge in [0.15, 0.2) is 0 Å². The molecule has 64 heavy (non-hydrogen) atoms. The Morgan fingerprint density at radius 3 is 2.06 bits per heavy atom. The van der Waals surface area contributed by atoms with Crippen molar-refractivity contribution in [2.45, 2.75) is 143 Å². The van der Waals surface area contributed by atoms with Gasteiger partial charge in [0.25, 0.3) is 0 Å². The second-order valence-electron chi connectivity index (χ2n) is 18.8. The Morgan fingerprint density at radius 2 is 1.41 bits per heavy atom. The number of carbonyl (C=O) groups excluding carboxylic acids is 3. The topological polar surface area (TPSA) is 126 Å². The van der Waals surface area contributed by atoms with Gasteiger partial charge in [0.2, 0.25) is 5.78 Å². The molecule has 1 aromatic rings. The van der Waals surface area contributed by atoms with Crippen molar-refractivity contribution in [1.82, 2.24) is 15.5 Å². The van der Waals surface area contributed by atoms with Crippen LogP contribution < -0.4 is 20.9 Å². The minimum Gasteiger partial charge on any atom is -0.506 e. The third kappa shape index (κ3) is 11.3. The van der Waals surface area contributed by atoms with Gasteiger partial charge in [-0.05, 0) is 135 Å². The Morgan fingerprint density at radius 1 is 0.781 bits per heavy atom. The number of urea groups is 2. The van der Waals surface area contributed by atoms with Crippen LogP contribution in [-0.4, -0.2) is 95.8 Å². The number of aliphatic hydroxyl groups excluding tert-OH is 1. The zero-order valence-electron chi connectivity index (χ0n) is 39.4. The van der Waals surface area contributed by atoms with Crippen molar-refractivity contribution in [1.29, 1.82) is 0 Å². The van der Waals surface area contributed by atoms with Crippen LogP contribution in [0.15, 0.2) is 50.9 Å². The Labute approximate surface area is 392 Å². The Bertz CT molecular complexity index is 2030. The lowest BCUT2D eigenvalue weighted by molar-refractivity contribution is -0.111. The van der Waals surface area contributed by atoms with Crippen LogP contribution in [0.1, 0.15) is 147 Å². The van der Waals surface area contributed by atoms with E-state index >= 15 is 0 Å². The van der Waals surface area contributed by atoms with Crippen LogP contribution in [0.4, 0.5) is 21.0 Å². The Kier molecular flexibility index (Phi) is 17.9. The van der Waals surface area contributed by atoms with E-state index in [0.29, 0.717) is 35.6 Å². The number of piperidine rings is 1. The molecule has 12 heteroatoms. The molecule has 0 aromatic heterocycles. The molecular formula is C52H76N6O4S2. The van der Waals surface area contributed by atoms with Crippen LogP contribution in [0.3, 0.4) is 0 Å². The fourth-order valence-electron chi connectivity index (χ4n) is 10.6. The number of Topliss-reactive ketones (excluding diaryl/α,β-unsaturated/α-hetero) is 1. The molecular weight excluding hydrogens is 837 g/mol. The molecule has 0 bridgehead atoms. The lowest BCUT2D eigenvalue weighted by Crippen LogP contribution is -2.39. The molecule has 2 aliphatic carbocycles. The first kappa shape index (κ1) is 48.3. The maximum atomic E-state index is 14.8. The highest BCUT2D eigenvalue weighted by molar-refractivity contribution is 7.99. The number of carbonyl (C=O) groups is 3. The van der Waals surface area contributed by atoms with Gasteiger partial charge in [0, 0.05) is 72.9 Å². The zero-order valence-corrected chi connectivity index (χ0v) is 41.1. The predicted molar refractivity (Wildman–Crippen MR) is 270 cm³/mol. The first-order valence-corrected chi connectivity index (χ1v) is 27.5. The van der Waals surface area contributed by atoms with E-state index in [2.05, 4.69) is 53.4 Å². The number of anilines is 2. The van der Waals surface area contributed by atoms with Crippen molar-refractivity contribution in [3.8, 4) is 0 Å². The number of benzene rings is 1. The summed E-state index contributed by atoms with van der Waals surface area (Å²) in [4.78, 5) is 51.7. The molecule has 0 saturated carbocycles. The van der Waals surface area contributed by atoms with Crippen molar-refractivity contribution in [3.63, 3.8) is 0 Å². The fourth-order valence-corrected chi connectivity index (χ4v) is 13.1. The summed E-state index contributed by atoms with van der Waals surface area (Å²) in [5.74, 6) is 5.46. The molecule has 4 heterocycles. The number of nitrogens with one attached hydrogen (secondary N) is 3. The highest BCUT2D eigenvalue weighted by atomic mass is 32.2. The molecule has 1 aromatic carbocycles. The van der Waals surface area contributed by atoms with E-state index in [9.17, 15) is 19.5 Å². The quantitative estimate of drug-likeness (QED) is 0.0669. The number of allylic oxidation sites excluding steroid dienone is 6. The number of ketones is 1. The summed E-state index contributed by atoms with van der Waals surface area (Å²) in [5, 5.41) is 21.6. The normalized spacial score (nSPS) is 20.7. The lowest BCUT2D eigenvalue weighted by Gasteiger charge is -2.42. The van der Waals surface area contributed by atoms with Crippen molar-refractivity contribution < 1.29 is 19.5 Å². The van der Waals surface area contributed by atoms with E-state index in [4.69, 9.17) is 4.99 Å². The zero-order chi connectivity index (χ0) is 45.0. The van der Waals surface area contributed by atoms with Crippen LogP contribution in [0.2, 0.25) is 0 Å². The van der Waals surface area contributed by atoms with Crippen molar-refractivity contribution in [2.24, 2.45) is 16.8 Å². The molecule has 350 valence electrons. The molecule has 4 amide bonds. The van der Waals surface area contributed by atoms with E-state index in [1.807, 2.05) is 35.7 Å². The summed E-state index contributed by atoms with van der Waals surface area (Å²) in [7, 11) is 0. The fraction of sp³-hybridized carbons (Fsp3) is 0.654. The van der Waals surface area contributed by atoms with E-state index < -0.39 is 6.03 Å². The van der Waals surface area contributed by atoms with Crippen LogP contribution >= 0.6 is 23.5 Å². The maximum Gasteiger partial charge on any atom is 0.341 e. The Balaban J connectivity index is 1.13. The number of hydrogen-bond donors (Lipinski definition) is 4. The van der Waals surface area contributed by atoms with Crippen molar-refractivity contribution in [3.05, 3.63) is 62.6 Å². The third-order valence-corrected chi connectivity index (χ3v) is 16.8. The van der Waals surface area contributed by atoms with E-state index in [1.165, 1.54) is 62.8 Å². The molecule has 1 saturated heterocycles. The SMILES string of the molecule is CCCCC(CC)CSCCCNC(=O)/N=C1\C2=C3C(=C\C1=C1/C(=O)C(c4cc5c6c(c4NC(=O)NCCCSCC(CC)CCCC)CCCN6CCC5)=C1O)CCCN3CCC2. The van der Waals surface area contributed by atoms with Gasteiger partial charge < -0.3 is 30.9 Å². The highest BCUT2D eigenvalue weighted by Crippen LogP contribution is 2.49. The number of amides is 4. The number of aryl methyl sites for hydroxylation is 1. The van der Waals surface area contributed by atoms with Crippen LogP contribution in [0, 0.1) is 11.8 Å². The maximum absolute atomic E-state index is 14.8. The molecule has 0 spiro atoms.